The van der Waals surface area contributed by atoms with Crippen molar-refractivity contribution in [3.8, 4) is 0 Å². The highest BCUT2D eigenvalue weighted by molar-refractivity contribution is 7.80. The van der Waals surface area contributed by atoms with E-state index in [9.17, 15) is 14.4 Å². The maximum Gasteiger partial charge on any atom is 0.314 e. The number of likely N-dealkylation sites (tertiary alicyclic amines) is 1. The van der Waals surface area contributed by atoms with Crippen molar-refractivity contribution < 1.29 is 19.1 Å². The quantitative estimate of drug-likeness (QED) is 0.348. The average Bonchev–Trinajstić information content (AvgIpc) is 3.30. The number of amides is 3. The molecule has 1 fully saturated rings. The summed E-state index contributed by atoms with van der Waals surface area (Å²) in [5.74, 6) is -1.82. The second kappa shape index (κ2) is 12.2. The van der Waals surface area contributed by atoms with Crippen molar-refractivity contribution >= 4 is 63.7 Å². The van der Waals surface area contributed by atoms with E-state index in [2.05, 4.69) is 30.8 Å². The van der Waals surface area contributed by atoms with Crippen molar-refractivity contribution in [2.24, 2.45) is 0 Å². The second-order valence-corrected chi connectivity index (χ2v) is 10.9. The number of anilines is 1. The number of methoxy groups -OCH3 is 1. The van der Waals surface area contributed by atoms with Crippen LogP contribution in [0.3, 0.4) is 0 Å². The van der Waals surface area contributed by atoms with Gasteiger partial charge in [0.2, 0.25) is 0 Å². The number of carbonyl (C=O) groups is 3. The molecule has 2 aliphatic rings. The molecule has 37 heavy (non-hydrogen) atoms. The highest BCUT2D eigenvalue weighted by Gasteiger charge is 2.34. The van der Waals surface area contributed by atoms with Gasteiger partial charge in [-0.25, -0.2) is 9.97 Å². The SMILES string of the molecule is COCC(=S)N1CCC(NC(=O)C(=O)Nc2ccc(Cl)cn2)C(NC(=O)c2nc3c(s2)CN(C)CC3)C1. The van der Waals surface area contributed by atoms with Crippen LogP contribution in [0, 0.1) is 0 Å². The fraction of sp³-hybridized carbons (Fsp3) is 0.478. The van der Waals surface area contributed by atoms with E-state index >= 15 is 0 Å². The van der Waals surface area contributed by atoms with Crippen molar-refractivity contribution in [3.63, 3.8) is 0 Å². The lowest BCUT2D eigenvalue weighted by molar-refractivity contribution is -0.136. The molecule has 2 aromatic rings. The zero-order chi connectivity index (χ0) is 26.5. The summed E-state index contributed by atoms with van der Waals surface area (Å²) >= 11 is 12.7. The normalized spacial score (nSPS) is 19.6. The molecule has 0 aliphatic carbocycles. The minimum absolute atomic E-state index is 0.201. The van der Waals surface area contributed by atoms with Crippen molar-refractivity contribution in [2.75, 3.05) is 45.7 Å². The molecular formula is C23H28ClN7O4S2. The standard InChI is InChI=1S/C23H28ClN7O4S2/c1-30-7-5-15-17(11-30)37-23(28-15)22(34)27-16-10-31(19(36)12-35-2)8-6-14(16)26-20(32)21(33)29-18-4-3-13(24)9-25-18/h3-4,9,14,16H,5-8,10-12H2,1-2H3,(H,26,32)(H,27,34)(H,25,29,33). The number of pyridine rings is 1. The summed E-state index contributed by atoms with van der Waals surface area (Å²) in [7, 11) is 3.60. The van der Waals surface area contributed by atoms with Crippen molar-refractivity contribution in [1.82, 2.24) is 30.4 Å². The average molecular weight is 566 g/mol. The molecule has 198 valence electrons. The summed E-state index contributed by atoms with van der Waals surface area (Å²) in [5, 5.41) is 9.01. The lowest BCUT2D eigenvalue weighted by Gasteiger charge is -2.40. The molecule has 1 saturated heterocycles. The number of fused-ring (bicyclic) bond motifs is 1. The summed E-state index contributed by atoms with van der Waals surface area (Å²) < 4.78 is 5.17. The Kier molecular flexibility index (Phi) is 9.03. The minimum Gasteiger partial charge on any atom is -0.378 e. The van der Waals surface area contributed by atoms with E-state index < -0.39 is 23.9 Å². The van der Waals surface area contributed by atoms with Crippen LogP contribution < -0.4 is 16.0 Å². The molecule has 0 bridgehead atoms. The van der Waals surface area contributed by atoms with E-state index in [1.807, 2.05) is 11.9 Å². The van der Waals surface area contributed by atoms with Gasteiger partial charge in [-0.15, -0.1) is 11.3 Å². The van der Waals surface area contributed by atoms with Crippen LogP contribution in [0.4, 0.5) is 5.82 Å². The molecule has 11 nitrogen and oxygen atoms in total. The summed E-state index contributed by atoms with van der Waals surface area (Å²) in [6, 6.07) is 2.05. The fourth-order valence-electron chi connectivity index (χ4n) is 4.22. The number of piperidine rings is 1. The lowest BCUT2D eigenvalue weighted by atomic mass is 9.98. The molecule has 0 aromatic carbocycles. The van der Waals surface area contributed by atoms with Crippen LogP contribution in [0.1, 0.15) is 26.8 Å². The third-order valence-electron chi connectivity index (χ3n) is 6.16. The highest BCUT2D eigenvalue weighted by atomic mass is 35.5. The number of thiazole rings is 1. The van der Waals surface area contributed by atoms with E-state index in [-0.39, 0.29) is 18.3 Å². The molecule has 4 rings (SSSR count). The van der Waals surface area contributed by atoms with Gasteiger partial charge < -0.3 is 30.5 Å². The van der Waals surface area contributed by atoms with Crippen LogP contribution in [0.15, 0.2) is 18.3 Å². The number of nitrogens with zero attached hydrogens (tertiary/aromatic N) is 4. The molecule has 2 atom stereocenters. The predicted octanol–water partition coefficient (Wildman–Crippen LogP) is 1.08. The first-order valence-corrected chi connectivity index (χ1v) is 13.3. The van der Waals surface area contributed by atoms with Gasteiger partial charge in [-0.3, -0.25) is 14.4 Å². The zero-order valence-corrected chi connectivity index (χ0v) is 22.8. The Morgan fingerprint density at radius 3 is 2.76 bits per heavy atom. The van der Waals surface area contributed by atoms with Crippen LogP contribution in [-0.2, 0) is 27.3 Å². The highest BCUT2D eigenvalue weighted by Crippen LogP contribution is 2.25. The van der Waals surface area contributed by atoms with Gasteiger partial charge in [0.15, 0.2) is 5.01 Å². The lowest BCUT2D eigenvalue weighted by Crippen LogP contribution is -2.62. The molecule has 14 heteroatoms. The van der Waals surface area contributed by atoms with E-state index in [0.717, 1.165) is 30.1 Å². The number of rotatable bonds is 6. The van der Waals surface area contributed by atoms with E-state index in [0.29, 0.717) is 34.5 Å². The van der Waals surface area contributed by atoms with Crippen molar-refractivity contribution in [2.45, 2.75) is 31.5 Å². The number of thiocarbonyl (C=S) groups is 1. The monoisotopic (exact) mass is 565 g/mol. The molecule has 3 N–H and O–H groups in total. The molecule has 0 spiro atoms. The molecule has 2 aromatic heterocycles. The van der Waals surface area contributed by atoms with Gasteiger partial charge in [0.05, 0.1) is 29.4 Å². The van der Waals surface area contributed by atoms with Crippen LogP contribution in [0.2, 0.25) is 5.02 Å². The number of hydrogen-bond acceptors (Lipinski definition) is 9. The zero-order valence-electron chi connectivity index (χ0n) is 20.5. The van der Waals surface area contributed by atoms with E-state index in [4.69, 9.17) is 28.6 Å². The first-order valence-electron chi connectivity index (χ1n) is 11.7. The van der Waals surface area contributed by atoms with Gasteiger partial charge >= 0.3 is 11.8 Å². The van der Waals surface area contributed by atoms with Crippen LogP contribution in [0.25, 0.3) is 0 Å². The largest absolute Gasteiger partial charge is 0.378 e. The van der Waals surface area contributed by atoms with Gasteiger partial charge in [0.1, 0.15) is 10.8 Å². The van der Waals surface area contributed by atoms with Crippen molar-refractivity contribution in [1.29, 1.82) is 0 Å². The number of carbonyl (C=O) groups excluding carboxylic acids is 3. The Hall–Kier alpha value is -2.71. The van der Waals surface area contributed by atoms with Gasteiger partial charge in [0.25, 0.3) is 5.91 Å². The van der Waals surface area contributed by atoms with Gasteiger partial charge in [-0.2, -0.15) is 0 Å². The maximum atomic E-state index is 13.2. The molecule has 3 amide bonds. The Morgan fingerprint density at radius 2 is 2.03 bits per heavy atom. The van der Waals surface area contributed by atoms with Gasteiger partial charge in [-0.1, -0.05) is 23.8 Å². The number of halogens is 1. The van der Waals surface area contributed by atoms with E-state index in [1.165, 1.54) is 23.6 Å². The fourth-order valence-corrected chi connectivity index (χ4v) is 5.71. The molecule has 2 aliphatic heterocycles. The first kappa shape index (κ1) is 27.3. The Labute approximate surface area is 228 Å². The number of nitrogens with one attached hydrogen (secondary N) is 3. The summed E-state index contributed by atoms with van der Waals surface area (Å²) in [6.45, 7) is 2.83. The summed E-state index contributed by atoms with van der Waals surface area (Å²) in [6.07, 6.45) is 2.63. The first-order chi connectivity index (χ1) is 17.7. The van der Waals surface area contributed by atoms with Crippen LogP contribution >= 0.6 is 35.2 Å². The number of ether oxygens (including phenoxy) is 1. The summed E-state index contributed by atoms with van der Waals surface area (Å²) in [5.41, 5.74) is 0.956. The Bertz CT molecular complexity index is 1180. The minimum atomic E-state index is -0.867. The van der Waals surface area contributed by atoms with Crippen LogP contribution in [-0.4, -0.2) is 95.0 Å². The predicted molar refractivity (Wildman–Crippen MR) is 144 cm³/mol. The number of likely N-dealkylation sites (N-methyl/N-ethyl adjacent to an activating group) is 1. The molecule has 0 radical (unpaired) electrons. The maximum absolute atomic E-state index is 13.2. The number of aromatic nitrogens is 2. The molecule has 0 saturated carbocycles. The molecule has 2 unspecified atom stereocenters. The van der Waals surface area contributed by atoms with Crippen LogP contribution in [0.5, 0.6) is 0 Å². The Morgan fingerprint density at radius 1 is 1.22 bits per heavy atom. The molecular weight excluding hydrogens is 538 g/mol. The summed E-state index contributed by atoms with van der Waals surface area (Å²) in [4.78, 5) is 52.7. The van der Waals surface area contributed by atoms with Crippen molar-refractivity contribution in [3.05, 3.63) is 38.9 Å². The Balaban J connectivity index is 1.44. The third kappa shape index (κ3) is 6.99. The smallest absolute Gasteiger partial charge is 0.314 e. The molecule has 4 heterocycles. The number of hydrogen-bond donors (Lipinski definition) is 3. The van der Waals surface area contributed by atoms with Gasteiger partial charge in [0, 0.05) is 50.8 Å². The van der Waals surface area contributed by atoms with E-state index in [1.54, 1.807) is 13.2 Å². The third-order valence-corrected chi connectivity index (χ3v) is 7.84. The van der Waals surface area contributed by atoms with Gasteiger partial charge in [-0.05, 0) is 25.6 Å². The topological polar surface area (TPSA) is 129 Å². The second-order valence-electron chi connectivity index (χ2n) is 8.91.